The van der Waals surface area contributed by atoms with Gasteiger partial charge < -0.3 is 9.15 Å². The summed E-state index contributed by atoms with van der Waals surface area (Å²) in [5.41, 5.74) is 7.26. The maximum atomic E-state index is 15.3. The fourth-order valence-corrected chi connectivity index (χ4v) is 5.30. The number of hydrogen-bond acceptors (Lipinski definition) is 2. The summed E-state index contributed by atoms with van der Waals surface area (Å²) >= 11 is 0. The SMILES string of the molecule is Cc1ccc2c(oc3c(-c4ccc(C5CCOCC5)cc4)c(F)ccc32)c1-c1cccc[n+]1C. The van der Waals surface area contributed by atoms with Gasteiger partial charge in [-0.3, -0.25) is 0 Å². The molecule has 2 aromatic heterocycles. The van der Waals surface area contributed by atoms with Crippen molar-refractivity contribution in [1.82, 2.24) is 0 Å². The number of halogens is 1. The molecule has 3 heterocycles. The molecular weight excluding hydrogens is 425 g/mol. The van der Waals surface area contributed by atoms with Crippen molar-refractivity contribution in [2.75, 3.05) is 13.2 Å². The first-order valence-electron chi connectivity index (χ1n) is 11.9. The first kappa shape index (κ1) is 21.1. The molecule has 0 radical (unpaired) electrons. The highest BCUT2D eigenvalue weighted by molar-refractivity contribution is 6.13. The van der Waals surface area contributed by atoms with Gasteiger partial charge in [0.25, 0.3) is 0 Å². The molecule has 0 aliphatic carbocycles. The van der Waals surface area contributed by atoms with E-state index in [1.165, 1.54) is 5.56 Å². The molecule has 1 saturated heterocycles. The van der Waals surface area contributed by atoms with Crippen LogP contribution in [-0.4, -0.2) is 13.2 Å². The van der Waals surface area contributed by atoms with E-state index in [0.717, 1.165) is 64.8 Å². The van der Waals surface area contributed by atoms with Crippen molar-refractivity contribution < 1.29 is 18.1 Å². The summed E-state index contributed by atoms with van der Waals surface area (Å²) in [6, 6.07) is 22.0. The third kappa shape index (κ3) is 3.41. The lowest BCUT2D eigenvalue weighted by Crippen LogP contribution is -2.30. The van der Waals surface area contributed by atoms with E-state index in [4.69, 9.17) is 9.15 Å². The number of nitrogens with zero attached hydrogens (tertiary/aromatic N) is 1. The van der Waals surface area contributed by atoms with Gasteiger partial charge in [0.1, 0.15) is 24.0 Å². The number of aromatic nitrogens is 1. The predicted molar refractivity (Wildman–Crippen MR) is 133 cm³/mol. The Labute approximate surface area is 198 Å². The van der Waals surface area contributed by atoms with Gasteiger partial charge in [-0.2, -0.15) is 0 Å². The molecule has 6 rings (SSSR count). The molecular formula is C30H27FNO2+. The Morgan fingerprint density at radius 2 is 1.53 bits per heavy atom. The molecule has 4 heteroatoms. The fourth-order valence-electron chi connectivity index (χ4n) is 5.30. The Morgan fingerprint density at radius 1 is 0.824 bits per heavy atom. The molecule has 0 N–H and O–H groups in total. The molecule has 0 bridgehead atoms. The van der Waals surface area contributed by atoms with Gasteiger partial charge in [-0.15, -0.1) is 0 Å². The van der Waals surface area contributed by atoms with E-state index in [0.29, 0.717) is 17.1 Å². The van der Waals surface area contributed by atoms with Gasteiger partial charge in [-0.1, -0.05) is 36.4 Å². The number of benzene rings is 3. The van der Waals surface area contributed by atoms with Crippen LogP contribution in [0.5, 0.6) is 0 Å². The smallest absolute Gasteiger partial charge is 0.216 e. The molecule has 0 unspecified atom stereocenters. The molecule has 1 fully saturated rings. The van der Waals surface area contributed by atoms with Crippen LogP contribution >= 0.6 is 0 Å². The largest absolute Gasteiger partial charge is 0.454 e. The maximum absolute atomic E-state index is 15.3. The number of aryl methyl sites for hydroxylation is 2. The maximum Gasteiger partial charge on any atom is 0.216 e. The van der Waals surface area contributed by atoms with Crippen LogP contribution in [0.2, 0.25) is 0 Å². The van der Waals surface area contributed by atoms with Crippen molar-refractivity contribution in [2.24, 2.45) is 7.05 Å². The van der Waals surface area contributed by atoms with E-state index < -0.39 is 0 Å². The second kappa shape index (κ2) is 8.37. The second-order valence-electron chi connectivity index (χ2n) is 9.24. The molecule has 170 valence electrons. The molecule has 5 aromatic rings. The quantitative estimate of drug-likeness (QED) is 0.273. The molecule has 0 saturated carbocycles. The van der Waals surface area contributed by atoms with Crippen LogP contribution in [0.1, 0.15) is 29.9 Å². The van der Waals surface area contributed by atoms with Gasteiger partial charge in [0.05, 0.1) is 11.1 Å². The molecule has 0 atom stereocenters. The first-order chi connectivity index (χ1) is 16.6. The minimum Gasteiger partial charge on any atom is -0.454 e. The first-order valence-corrected chi connectivity index (χ1v) is 11.9. The minimum atomic E-state index is -0.270. The van der Waals surface area contributed by atoms with Gasteiger partial charge in [-0.05, 0) is 60.6 Å². The lowest BCUT2D eigenvalue weighted by Gasteiger charge is -2.22. The van der Waals surface area contributed by atoms with Crippen molar-refractivity contribution in [1.29, 1.82) is 0 Å². The molecule has 0 amide bonds. The van der Waals surface area contributed by atoms with Crippen molar-refractivity contribution in [3.63, 3.8) is 0 Å². The van der Waals surface area contributed by atoms with E-state index in [1.807, 2.05) is 43.6 Å². The molecule has 1 aliphatic rings. The Hall–Kier alpha value is -3.50. The zero-order valence-electron chi connectivity index (χ0n) is 19.5. The number of hydrogen-bond donors (Lipinski definition) is 0. The molecule has 3 nitrogen and oxygen atoms in total. The van der Waals surface area contributed by atoms with Crippen LogP contribution in [0.25, 0.3) is 44.3 Å². The Morgan fingerprint density at radius 3 is 2.26 bits per heavy atom. The van der Waals surface area contributed by atoms with Crippen molar-refractivity contribution >= 4 is 21.9 Å². The molecule has 3 aromatic carbocycles. The zero-order chi connectivity index (χ0) is 23.2. The van der Waals surface area contributed by atoms with Crippen molar-refractivity contribution in [3.05, 3.63) is 89.9 Å². The zero-order valence-corrected chi connectivity index (χ0v) is 19.5. The average molecular weight is 453 g/mol. The Kier molecular flexibility index (Phi) is 5.19. The van der Waals surface area contributed by atoms with Crippen LogP contribution < -0.4 is 4.57 Å². The molecule has 34 heavy (non-hydrogen) atoms. The van der Waals surface area contributed by atoms with Crippen LogP contribution in [0.3, 0.4) is 0 Å². The number of fused-ring (bicyclic) bond motifs is 3. The standard InChI is InChI=1S/C30H27FNO2/c1-19-6-11-23-24-12-13-25(31)28(22-9-7-20(8-10-22)21-14-17-33-18-15-21)30(24)34-29(23)27(19)26-5-3-4-16-32(26)2/h3-13,16,21H,14-15,17-18H2,1-2H3/q+1. The Balaban J connectivity index is 1.54. The summed E-state index contributed by atoms with van der Waals surface area (Å²) in [4.78, 5) is 0. The second-order valence-corrected chi connectivity index (χ2v) is 9.24. The summed E-state index contributed by atoms with van der Waals surface area (Å²) in [6.07, 6.45) is 4.10. The van der Waals surface area contributed by atoms with Gasteiger partial charge >= 0.3 is 0 Å². The highest BCUT2D eigenvalue weighted by Crippen LogP contribution is 2.41. The fraction of sp³-hybridized carbons (Fsp3) is 0.233. The van der Waals surface area contributed by atoms with E-state index in [2.05, 4.69) is 41.8 Å². The minimum absolute atomic E-state index is 0.270. The highest BCUT2D eigenvalue weighted by Gasteiger charge is 2.23. The van der Waals surface area contributed by atoms with Crippen LogP contribution in [0.15, 0.2) is 77.3 Å². The van der Waals surface area contributed by atoms with Crippen LogP contribution in [0.4, 0.5) is 4.39 Å². The van der Waals surface area contributed by atoms with Crippen LogP contribution in [0, 0.1) is 12.7 Å². The van der Waals surface area contributed by atoms with Crippen molar-refractivity contribution in [3.8, 4) is 22.4 Å². The number of furan rings is 1. The molecule has 1 aliphatic heterocycles. The Bertz CT molecular complexity index is 1510. The summed E-state index contributed by atoms with van der Waals surface area (Å²) < 4.78 is 29.4. The molecule has 0 spiro atoms. The highest BCUT2D eigenvalue weighted by atomic mass is 19.1. The predicted octanol–water partition coefficient (Wildman–Crippen LogP) is 7.09. The number of rotatable bonds is 3. The van der Waals surface area contributed by atoms with Gasteiger partial charge in [0, 0.05) is 36.1 Å². The van der Waals surface area contributed by atoms with Crippen LogP contribution in [-0.2, 0) is 11.8 Å². The third-order valence-corrected chi connectivity index (χ3v) is 7.17. The summed E-state index contributed by atoms with van der Waals surface area (Å²) in [5, 5.41) is 1.93. The van der Waals surface area contributed by atoms with E-state index in [-0.39, 0.29) is 5.82 Å². The third-order valence-electron chi connectivity index (χ3n) is 7.17. The lowest BCUT2D eigenvalue weighted by molar-refractivity contribution is -0.660. The number of pyridine rings is 1. The summed E-state index contributed by atoms with van der Waals surface area (Å²) in [7, 11) is 2.03. The monoisotopic (exact) mass is 452 g/mol. The van der Waals surface area contributed by atoms with Gasteiger partial charge in [-0.25, -0.2) is 8.96 Å². The van der Waals surface area contributed by atoms with Gasteiger partial charge in [0.15, 0.2) is 6.20 Å². The normalized spacial score (nSPS) is 14.8. The van der Waals surface area contributed by atoms with E-state index >= 15 is 4.39 Å². The van der Waals surface area contributed by atoms with E-state index in [1.54, 1.807) is 6.07 Å². The number of ether oxygens (including phenoxy) is 1. The lowest BCUT2D eigenvalue weighted by atomic mass is 9.90. The van der Waals surface area contributed by atoms with Crippen molar-refractivity contribution in [2.45, 2.75) is 25.7 Å². The summed E-state index contributed by atoms with van der Waals surface area (Å²) in [5.74, 6) is 0.237. The topological polar surface area (TPSA) is 26.2 Å². The summed E-state index contributed by atoms with van der Waals surface area (Å²) in [6.45, 7) is 3.70. The van der Waals surface area contributed by atoms with Gasteiger partial charge in [0.2, 0.25) is 5.69 Å². The van der Waals surface area contributed by atoms with E-state index in [9.17, 15) is 0 Å². The average Bonchev–Trinajstić information content (AvgIpc) is 3.24.